The van der Waals surface area contributed by atoms with Gasteiger partial charge in [-0.05, 0) is 54.6 Å². The number of hydrogen-bond acceptors (Lipinski definition) is 8. The van der Waals surface area contributed by atoms with Crippen molar-refractivity contribution in [2.75, 3.05) is 48.4 Å². The standard InChI is InChI=1S/C29H35N7O3.ClH/c1-34-13-14-35(21-34)12-2-11-31-22-3-5-23(6-4-22)33-28-20-27(26(30)19-29(28)39)32-24-7-9-25(10-8-24)36(15-17-37)16-18-38;/h3-10,13-14,19-21,37-38H,2,11-12,15-18H2,1H3,(H3-,30,31,32,33,39);1H/p+1. The smallest absolute Gasteiger partial charge is 0.243 e. The topological polar surface area (TPSA) is 132 Å². The van der Waals surface area contributed by atoms with Crippen LogP contribution in [-0.4, -0.2) is 59.1 Å². The third-order valence-electron chi connectivity index (χ3n) is 6.24. The van der Waals surface area contributed by atoms with E-state index in [4.69, 9.17) is 5.73 Å². The van der Waals surface area contributed by atoms with E-state index in [1.54, 1.807) is 6.08 Å². The molecule has 0 aliphatic heterocycles. The molecule has 0 saturated carbocycles. The Morgan fingerprint density at radius 3 is 2.30 bits per heavy atom. The molecule has 1 aliphatic rings. The fourth-order valence-electron chi connectivity index (χ4n) is 4.22. The fourth-order valence-corrected chi connectivity index (χ4v) is 4.22. The Morgan fingerprint density at radius 1 is 1.00 bits per heavy atom. The second-order valence-corrected chi connectivity index (χ2v) is 9.27. The third-order valence-corrected chi connectivity index (χ3v) is 6.24. The minimum atomic E-state index is -0.217. The van der Waals surface area contributed by atoms with E-state index >= 15 is 0 Å². The van der Waals surface area contributed by atoms with Crippen molar-refractivity contribution in [1.82, 2.24) is 4.57 Å². The van der Waals surface area contributed by atoms with Crippen LogP contribution in [0.3, 0.4) is 0 Å². The number of allylic oxidation sites excluding steroid dienone is 2. The third kappa shape index (κ3) is 8.44. The highest BCUT2D eigenvalue weighted by atomic mass is 35.5. The van der Waals surface area contributed by atoms with Crippen LogP contribution in [-0.2, 0) is 18.4 Å². The van der Waals surface area contributed by atoms with Crippen LogP contribution in [0.15, 0.2) is 95.8 Å². The molecule has 1 aliphatic carbocycles. The molecule has 2 aromatic carbocycles. The van der Waals surface area contributed by atoms with Gasteiger partial charge in [-0.3, -0.25) is 4.79 Å². The van der Waals surface area contributed by atoms with Crippen molar-refractivity contribution >= 4 is 46.7 Å². The molecule has 0 amide bonds. The highest BCUT2D eigenvalue weighted by molar-refractivity contribution is 6.23. The highest BCUT2D eigenvalue weighted by Gasteiger charge is 2.17. The Labute approximate surface area is 240 Å². The van der Waals surface area contributed by atoms with Gasteiger partial charge in [0, 0.05) is 49.2 Å². The summed E-state index contributed by atoms with van der Waals surface area (Å²) < 4.78 is 4.18. The number of aliphatic hydroxyl groups is 2. The number of rotatable bonds is 13. The van der Waals surface area contributed by atoms with Gasteiger partial charge in [0.2, 0.25) is 12.1 Å². The van der Waals surface area contributed by atoms with E-state index in [-0.39, 0.29) is 31.4 Å². The molecule has 10 nitrogen and oxygen atoms in total. The van der Waals surface area contributed by atoms with E-state index in [1.165, 1.54) is 6.08 Å². The Kier molecular flexibility index (Phi) is 11.3. The predicted molar refractivity (Wildman–Crippen MR) is 161 cm³/mol. The minimum Gasteiger partial charge on any atom is -0.397 e. The summed E-state index contributed by atoms with van der Waals surface area (Å²) in [5, 5.41) is 25.1. The maximum Gasteiger partial charge on any atom is 0.243 e. The molecule has 1 aromatic heterocycles. The van der Waals surface area contributed by atoms with Gasteiger partial charge in [-0.1, -0.05) is 0 Å². The summed E-state index contributed by atoms with van der Waals surface area (Å²) in [6.45, 7) is 2.63. The number of nitrogens with one attached hydrogen (secondary N) is 2. The summed E-state index contributed by atoms with van der Waals surface area (Å²) in [5.41, 5.74) is 10.6. The quantitative estimate of drug-likeness (QED) is 0.122. The van der Waals surface area contributed by atoms with E-state index in [9.17, 15) is 15.0 Å². The first kappa shape index (κ1) is 30.4. The number of nitrogens with two attached hydrogens (primary N) is 1. The SMILES string of the molecule is C[n+]1ccn(CCCNc2ccc(NC3=CC(=Nc4ccc(N(CCO)CCO)cc4)C(N)=CC3=O)cc2)c1.Cl. The number of benzene rings is 2. The van der Waals surface area contributed by atoms with Crippen molar-refractivity contribution in [2.45, 2.75) is 13.0 Å². The first-order chi connectivity index (χ1) is 18.9. The van der Waals surface area contributed by atoms with Crippen LogP contribution in [0.25, 0.3) is 0 Å². The Balaban J connectivity index is 0.00000441. The molecule has 40 heavy (non-hydrogen) atoms. The summed E-state index contributed by atoms with van der Waals surface area (Å²) in [6.07, 6.45) is 10.2. The Bertz CT molecular complexity index is 1340. The molecule has 11 heteroatoms. The zero-order chi connectivity index (χ0) is 27.6. The minimum absolute atomic E-state index is 0. The lowest BCUT2D eigenvalue weighted by atomic mass is 10.1. The number of hydrogen-bond donors (Lipinski definition) is 5. The number of carbonyl (C=O) groups excluding carboxylic acids is 1. The molecule has 1 heterocycles. The average molecular weight is 567 g/mol. The molecule has 3 aromatic rings. The predicted octanol–water partition coefficient (Wildman–Crippen LogP) is 2.52. The van der Waals surface area contributed by atoms with Gasteiger partial charge in [0.15, 0.2) is 0 Å². The summed E-state index contributed by atoms with van der Waals surface area (Å²) in [7, 11) is 2.01. The number of imidazole rings is 1. The van der Waals surface area contributed by atoms with Gasteiger partial charge < -0.3 is 31.5 Å². The molecule has 0 fully saturated rings. The molecule has 0 radical (unpaired) electrons. The molecular weight excluding hydrogens is 530 g/mol. The van der Waals surface area contributed by atoms with Crippen LogP contribution < -0.4 is 25.8 Å². The largest absolute Gasteiger partial charge is 0.397 e. The van der Waals surface area contributed by atoms with Crippen molar-refractivity contribution in [3.05, 3.63) is 90.8 Å². The first-order valence-corrected chi connectivity index (χ1v) is 13.0. The molecule has 6 N–H and O–H groups in total. The number of halogens is 1. The van der Waals surface area contributed by atoms with Crippen LogP contribution in [0.2, 0.25) is 0 Å². The number of carbonyl (C=O) groups is 1. The summed E-state index contributed by atoms with van der Waals surface area (Å²) in [5.74, 6) is -0.217. The van der Waals surface area contributed by atoms with Crippen molar-refractivity contribution < 1.29 is 19.6 Å². The van der Waals surface area contributed by atoms with Crippen molar-refractivity contribution in [2.24, 2.45) is 17.8 Å². The van der Waals surface area contributed by atoms with Gasteiger partial charge in [-0.15, -0.1) is 12.4 Å². The van der Waals surface area contributed by atoms with Gasteiger partial charge >= 0.3 is 0 Å². The Hall–Kier alpha value is -4.12. The first-order valence-electron chi connectivity index (χ1n) is 13.0. The van der Waals surface area contributed by atoms with Gasteiger partial charge in [0.05, 0.1) is 49.6 Å². The van der Waals surface area contributed by atoms with Crippen LogP contribution in [0.5, 0.6) is 0 Å². The van der Waals surface area contributed by atoms with Crippen molar-refractivity contribution in [3.63, 3.8) is 0 Å². The van der Waals surface area contributed by atoms with Crippen LogP contribution in [0, 0.1) is 0 Å². The lowest BCUT2D eigenvalue weighted by molar-refractivity contribution is -0.671. The van der Waals surface area contributed by atoms with Gasteiger partial charge in [-0.2, -0.15) is 0 Å². The molecule has 0 unspecified atom stereocenters. The zero-order valence-electron chi connectivity index (χ0n) is 22.5. The van der Waals surface area contributed by atoms with Crippen molar-refractivity contribution in [3.8, 4) is 0 Å². The number of aryl methyl sites for hydroxylation is 2. The van der Waals surface area contributed by atoms with E-state index in [0.29, 0.717) is 35.9 Å². The fraction of sp³-hybridized carbons (Fsp3) is 0.276. The second-order valence-electron chi connectivity index (χ2n) is 9.27. The van der Waals surface area contributed by atoms with Gasteiger partial charge in [0.25, 0.3) is 0 Å². The number of ketones is 1. The molecule has 0 saturated heterocycles. The average Bonchev–Trinajstić information content (AvgIpc) is 3.35. The van der Waals surface area contributed by atoms with Crippen LogP contribution in [0.4, 0.5) is 22.7 Å². The maximum absolute atomic E-state index is 12.6. The molecule has 4 rings (SSSR count). The van der Waals surface area contributed by atoms with E-state index in [1.807, 2.05) is 71.2 Å². The number of aliphatic hydroxyl groups excluding tert-OH is 2. The molecular formula is C29H37ClN7O3+. The van der Waals surface area contributed by atoms with Gasteiger partial charge in [0.1, 0.15) is 12.4 Å². The second kappa shape index (κ2) is 14.9. The van der Waals surface area contributed by atoms with Crippen molar-refractivity contribution in [1.29, 1.82) is 0 Å². The van der Waals surface area contributed by atoms with Crippen LogP contribution in [0.1, 0.15) is 6.42 Å². The van der Waals surface area contributed by atoms with E-state index < -0.39 is 0 Å². The van der Waals surface area contributed by atoms with Gasteiger partial charge in [-0.25, -0.2) is 14.1 Å². The normalized spacial score (nSPS) is 13.9. The zero-order valence-corrected chi connectivity index (χ0v) is 23.3. The lowest BCUT2D eigenvalue weighted by Crippen LogP contribution is -2.29. The molecule has 0 atom stereocenters. The van der Waals surface area contributed by atoms with E-state index in [2.05, 4.69) is 32.7 Å². The Morgan fingerprint density at radius 2 is 1.68 bits per heavy atom. The summed E-state index contributed by atoms with van der Waals surface area (Å²) in [4.78, 5) is 19.1. The molecule has 212 valence electrons. The van der Waals surface area contributed by atoms with E-state index in [0.717, 1.165) is 36.6 Å². The number of anilines is 3. The number of nitrogens with zero attached hydrogens (tertiary/aromatic N) is 4. The summed E-state index contributed by atoms with van der Waals surface area (Å²) >= 11 is 0. The monoisotopic (exact) mass is 566 g/mol. The lowest BCUT2D eigenvalue weighted by Gasteiger charge is -2.22. The molecule has 0 spiro atoms. The summed E-state index contributed by atoms with van der Waals surface area (Å²) in [6, 6.07) is 15.2. The number of aliphatic imine (C=N–C) groups is 1. The highest BCUT2D eigenvalue weighted by Crippen LogP contribution is 2.23. The number of aromatic nitrogens is 2. The van der Waals surface area contributed by atoms with Crippen LogP contribution >= 0.6 is 12.4 Å². The molecule has 0 bridgehead atoms. The maximum atomic E-state index is 12.6.